The predicted molar refractivity (Wildman–Crippen MR) is 167 cm³/mol. The smallest absolute Gasteiger partial charge is 0.329 e. The van der Waals surface area contributed by atoms with Crippen LogP contribution in [-0.2, 0) is 28.6 Å². The van der Waals surface area contributed by atoms with E-state index in [9.17, 15) is 19.2 Å². The number of ether oxygens (including phenoxy) is 4. The number of thiazole rings is 1. The SMILES string of the molecule is COC(=O)[C@@H]1[C@H](C(=O)OC)[C@H](c2ccc(Cl)cc2)N(c2nc(-c3ccccc3)c(C(=O)c3ccc(OC)cc3)s2)[C@@H]1C(=O)OC. The van der Waals surface area contributed by atoms with Gasteiger partial charge in [0.15, 0.2) is 5.13 Å². The van der Waals surface area contributed by atoms with E-state index in [0.717, 1.165) is 11.3 Å². The number of carbonyl (C=O) groups is 4. The number of aromatic nitrogens is 1. The van der Waals surface area contributed by atoms with Gasteiger partial charge in [-0.3, -0.25) is 14.4 Å². The van der Waals surface area contributed by atoms with Crippen LogP contribution in [0.15, 0.2) is 78.9 Å². The maximum Gasteiger partial charge on any atom is 0.329 e. The number of hydrogen-bond donors (Lipinski definition) is 0. The van der Waals surface area contributed by atoms with Crippen molar-refractivity contribution >= 4 is 51.8 Å². The fourth-order valence-electron chi connectivity index (χ4n) is 5.62. The van der Waals surface area contributed by atoms with Crippen molar-refractivity contribution in [3.8, 4) is 17.0 Å². The number of hydrogen-bond acceptors (Lipinski definition) is 11. The molecule has 12 heteroatoms. The summed E-state index contributed by atoms with van der Waals surface area (Å²) in [6.07, 6.45) is 0. The first-order chi connectivity index (χ1) is 21.7. The zero-order valence-corrected chi connectivity index (χ0v) is 26.3. The molecule has 0 aliphatic carbocycles. The number of benzene rings is 3. The number of nitrogens with zero attached hydrogens (tertiary/aromatic N) is 2. The average molecular weight is 649 g/mol. The largest absolute Gasteiger partial charge is 0.497 e. The third-order valence-electron chi connectivity index (χ3n) is 7.71. The molecular formula is C33H29ClN2O8S. The van der Waals surface area contributed by atoms with E-state index < -0.39 is 41.8 Å². The van der Waals surface area contributed by atoms with Gasteiger partial charge in [0.25, 0.3) is 0 Å². The summed E-state index contributed by atoms with van der Waals surface area (Å²) in [5, 5.41) is 0.654. The normalized spacial score (nSPS) is 19.1. The number of halogens is 1. The lowest BCUT2D eigenvalue weighted by Crippen LogP contribution is -2.44. The van der Waals surface area contributed by atoms with Crippen LogP contribution in [0, 0.1) is 11.8 Å². The van der Waals surface area contributed by atoms with Crippen molar-refractivity contribution in [2.75, 3.05) is 33.3 Å². The number of ketones is 1. The summed E-state index contributed by atoms with van der Waals surface area (Å²) in [5.41, 5.74) is 1.96. The Morgan fingerprint density at radius 2 is 1.36 bits per heavy atom. The Labute approximate surface area is 268 Å². The minimum Gasteiger partial charge on any atom is -0.497 e. The minimum atomic E-state index is -1.36. The summed E-state index contributed by atoms with van der Waals surface area (Å²) < 4.78 is 20.7. The van der Waals surface area contributed by atoms with Gasteiger partial charge in [0.1, 0.15) is 22.6 Å². The Bertz CT molecular complexity index is 1710. The second kappa shape index (κ2) is 13.5. The summed E-state index contributed by atoms with van der Waals surface area (Å²) in [7, 11) is 5.10. The van der Waals surface area contributed by atoms with Crippen LogP contribution in [-0.4, -0.2) is 63.2 Å². The lowest BCUT2D eigenvalue weighted by molar-refractivity contribution is -0.159. The molecule has 0 radical (unpaired) electrons. The molecule has 0 bridgehead atoms. The van der Waals surface area contributed by atoms with E-state index >= 15 is 0 Å². The number of carbonyl (C=O) groups excluding carboxylic acids is 4. The predicted octanol–water partition coefficient (Wildman–Crippen LogP) is 5.38. The van der Waals surface area contributed by atoms with Gasteiger partial charge in [-0.15, -0.1) is 0 Å². The maximum atomic E-state index is 14.0. The van der Waals surface area contributed by atoms with E-state index in [4.69, 9.17) is 35.5 Å². The van der Waals surface area contributed by atoms with Crippen LogP contribution in [0.25, 0.3) is 11.3 Å². The van der Waals surface area contributed by atoms with Crippen LogP contribution in [0.3, 0.4) is 0 Å². The first-order valence-corrected chi connectivity index (χ1v) is 15.0. The van der Waals surface area contributed by atoms with Crippen molar-refractivity contribution < 1.29 is 38.1 Å². The molecular weight excluding hydrogens is 620 g/mol. The molecule has 232 valence electrons. The molecule has 0 spiro atoms. The average Bonchev–Trinajstić information content (AvgIpc) is 3.68. The van der Waals surface area contributed by atoms with E-state index in [0.29, 0.717) is 33.2 Å². The Balaban J connectivity index is 1.77. The molecule has 0 N–H and O–H groups in total. The van der Waals surface area contributed by atoms with E-state index in [2.05, 4.69) is 0 Å². The Hall–Kier alpha value is -4.74. The molecule has 1 aromatic heterocycles. The molecule has 1 fully saturated rings. The van der Waals surface area contributed by atoms with Crippen LogP contribution in [0.5, 0.6) is 5.75 Å². The van der Waals surface area contributed by atoms with Gasteiger partial charge in [-0.25, -0.2) is 9.78 Å². The monoisotopic (exact) mass is 648 g/mol. The molecule has 4 atom stereocenters. The quantitative estimate of drug-likeness (QED) is 0.133. The van der Waals surface area contributed by atoms with Gasteiger partial charge in [-0.2, -0.15) is 0 Å². The molecule has 0 amide bonds. The molecule has 10 nitrogen and oxygen atoms in total. The second-order valence-electron chi connectivity index (χ2n) is 10.1. The highest BCUT2D eigenvalue weighted by Crippen LogP contribution is 2.51. The highest BCUT2D eigenvalue weighted by atomic mass is 35.5. The molecule has 5 rings (SSSR count). The van der Waals surface area contributed by atoms with Crippen molar-refractivity contribution in [1.29, 1.82) is 0 Å². The lowest BCUT2D eigenvalue weighted by Gasteiger charge is -2.30. The zero-order valence-electron chi connectivity index (χ0n) is 24.8. The minimum absolute atomic E-state index is 0.210. The molecule has 0 unspecified atom stereocenters. The van der Waals surface area contributed by atoms with Crippen molar-refractivity contribution in [2.45, 2.75) is 12.1 Å². The van der Waals surface area contributed by atoms with Crippen LogP contribution >= 0.6 is 22.9 Å². The number of anilines is 1. The summed E-state index contributed by atoms with van der Waals surface area (Å²) in [5.74, 6) is -4.61. The first-order valence-electron chi connectivity index (χ1n) is 13.8. The van der Waals surface area contributed by atoms with Crippen molar-refractivity contribution in [3.63, 3.8) is 0 Å². The molecule has 1 saturated heterocycles. The van der Waals surface area contributed by atoms with Gasteiger partial charge in [-0.1, -0.05) is 65.4 Å². The van der Waals surface area contributed by atoms with Gasteiger partial charge in [0, 0.05) is 16.1 Å². The van der Waals surface area contributed by atoms with Crippen LogP contribution < -0.4 is 9.64 Å². The molecule has 3 aromatic carbocycles. The van der Waals surface area contributed by atoms with E-state index in [1.807, 2.05) is 30.3 Å². The third kappa shape index (κ3) is 6.01. The molecule has 45 heavy (non-hydrogen) atoms. The highest BCUT2D eigenvalue weighted by molar-refractivity contribution is 7.18. The number of rotatable bonds is 9. The van der Waals surface area contributed by atoms with Crippen LogP contribution in [0.2, 0.25) is 5.02 Å². The first kappa shape index (κ1) is 31.7. The molecule has 0 saturated carbocycles. The van der Waals surface area contributed by atoms with E-state index in [1.54, 1.807) is 53.4 Å². The fourth-order valence-corrected chi connectivity index (χ4v) is 6.87. The van der Waals surface area contributed by atoms with Crippen molar-refractivity contribution in [3.05, 3.63) is 99.9 Å². The van der Waals surface area contributed by atoms with Gasteiger partial charge < -0.3 is 23.8 Å². The Morgan fingerprint density at radius 1 is 0.756 bits per heavy atom. The van der Waals surface area contributed by atoms with Gasteiger partial charge in [0.2, 0.25) is 5.78 Å². The van der Waals surface area contributed by atoms with Gasteiger partial charge in [-0.05, 0) is 42.0 Å². The molecule has 1 aliphatic rings. The Kier molecular flexibility index (Phi) is 9.50. The van der Waals surface area contributed by atoms with E-state index in [-0.39, 0.29) is 15.8 Å². The summed E-state index contributed by atoms with van der Waals surface area (Å²) >= 11 is 7.23. The molecule has 4 aromatic rings. The van der Waals surface area contributed by atoms with Crippen molar-refractivity contribution in [1.82, 2.24) is 4.98 Å². The van der Waals surface area contributed by atoms with Crippen molar-refractivity contribution in [2.24, 2.45) is 11.8 Å². The Morgan fingerprint density at radius 3 is 1.93 bits per heavy atom. The van der Waals surface area contributed by atoms with Crippen LogP contribution in [0.4, 0.5) is 5.13 Å². The van der Waals surface area contributed by atoms with Gasteiger partial charge in [0.05, 0.1) is 46.1 Å². The van der Waals surface area contributed by atoms with Crippen LogP contribution in [0.1, 0.15) is 26.8 Å². The summed E-state index contributed by atoms with van der Waals surface area (Å²) in [6.45, 7) is 0. The maximum absolute atomic E-state index is 14.0. The third-order valence-corrected chi connectivity index (χ3v) is 9.03. The second-order valence-corrected chi connectivity index (χ2v) is 11.5. The molecule has 2 heterocycles. The summed E-state index contributed by atoms with van der Waals surface area (Å²) in [6, 6.07) is 20.1. The fraction of sp³-hybridized carbons (Fsp3) is 0.242. The highest BCUT2D eigenvalue weighted by Gasteiger charge is 2.61. The standard InChI is InChI=1S/C33H29ClN2O8S/c1-41-22-16-12-20(13-17-22)28(37)29-25(18-8-6-5-7-9-18)35-33(45-29)36-26(19-10-14-21(34)15-11-19)23(30(38)42-2)24(31(39)43-3)27(36)32(40)44-4/h5-17,23-24,26-27H,1-4H3/t23-,24+,26-,27-/m0/s1. The topological polar surface area (TPSA) is 121 Å². The van der Waals surface area contributed by atoms with E-state index in [1.165, 1.54) is 28.4 Å². The zero-order chi connectivity index (χ0) is 32.2. The molecule has 1 aliphatic heterocycles. The van der Waals surface area contributed by atoms with Gasteiger partial charge >= 0.3 is 17.9 Å². The number of methoxy groups -OCH3 is 4. The number of esters is 3. The summed E-state index contributed by atoms with van der Waals surface area (Å²) in [4.78, 5) is 61.1. The lowest BCUT2D eigenvalue weighted by atomic mass is 9.84.